The summed E-state index contributed by atoms with van der Waals surface area (Å²) in [5, 5.41) is 1.25. The molecule has 0 radical (unpaired) electrons. The molecule has 0 heterocycles. The van der Waals surface area contributed by atoms with Gasteiger partial charge in [0, 0.05) is 10.4 Å². The molecular weight excluding hydrogens is 347 g/mol. The van der Waals surface area contributed by atoms with Crippen molar-refractivity contribution in [1.82, 2.24) is 0 Å². The SMILES string of the molecule is CCC(CBr)CS(=O)(=O)c1cc(Cl)ccc1Cl. The Bertz CT molecular complexity index is 484. The van der Waals surface area contributed by atoms with E-state index in [1.54, 1.807) is 6.07 Å². The lowest BCUT2D eigenvalue weighted by atomic mass is 10.2. The highest BCUT2D eigenvalue weighted by Gasteiger charge is 2.22. The molecule has 0 fully saturated rings. The molecule has 1 aromatic rings. The van der Waals surface area contributed by atoms with Gasteiger partial charge in [0.2, 0.25) is 0 Å². The van der Waals surface area contributed by atoms with Gasteiger partial charge < -0.3 is 0 Å². The van der Waals surface area contributed by atoms with E-state index in [0.717, 1.165) is 6.42 Å². The first-order valence-electron chi connectivity index (χ1n) is 5.14. The van der Waals surface area contributed by atoms with Crippen LogP contribution in [0.25, 0.3) is 0 Å². The van der Waals surface area contributed by atoms with Crippen LogP contribution in [0.3, 0.4) is 0 Å². The molecule has 1 rings (SSSR count). The lowest BCUT2D eigenvalue weighted by Crippen LogP contribution is -2.17. The fourth-order valence-corrected chi connectivity index (χ4v) is 4.91. The Morgan fingerprint density at radius 3 is 2.53 bits per heavy atom. The summed E-state index contributed by atoms with van der Waals surface area (Å²) in [5.74, 6) is 0.157. The normalized spacial score (nSPS) is 13.6. The van der Waals surface area contributed by atoms with E-state index in [0.29, 0.717) is 10.4 Å². The van der Waals surface area contributed by atoms with Crippen molar-refractivity contribution in [3.05, 3.63) is 28.2 Å². The second-order valence-corrected chi connectivity index (χ2v) is 7.28. The maximum absolute atomic E-state index is 12.2. The predicted octanol–water partition coefficient (Wildman–Crippen LogP) is 4.19. The van der Waals surface area contributed by atoms with Gasteiger partial charge in [0.1, 0.15) is 0 Å². The minimum Gasteiger partial charge on any atom is -0.224 e. The van der Waals surface area contributed by atoms with Crippen molar-refractivity contribution in [3.63, 3.8) is 0 Å². The standard InChI is InChI=1S/C11H13BrCl2O2S/c1-2-8(6-12)7-17(15,16)11-5-9(13)3-4-10(11)14/h3-5,8H,2,6-7H2,1H3. The molecule has 0 aliphatic rings. The highest BCUT2D eigenvalue weighted by Crippen LogP contribution is 2.27. The molecule has 2 nitrogen and oxygen atoms in total. The van der Waals surface area contributed by atoms with E-state index in [4.69, 9.17) is 23.2 Å². The third-order valence-electron chi connectivity index (χ3n) is 2.48. The zero-order valence-electron chi connectivity index (χ0n) is 9.29. The van der Waals surface area contributed by atoms with Crippen molar-refractivity contribution < 1.29 is 8.42 Å². The molecule has 0 amide bonds. The van der Waals surface area contributed by atoms with Gasteiger partial charge in [-0.05, 0) is 24.1 Å². The molecule has 1 unspecified atom stereocenters. The second-order valence-electron chi connectivity index (χ2n) is 3.78. The largest absolute Gasteiger partial charge is 0.224 e. The van der Waals surface area contributed by atoms with Crippen LogP contribution in [-0.4, -0.2) is 19.5 Å². The third-order valence-corrected chi connectivity index (χ3v) is 5.99. The minimum atomic E-state index is -3.38. The number of halogens is 3. The average Bonchev–Trinajstić information content (AvgIpc) is 2.29. The number of sulfone groups is 1. The van der Waals surface area contributed by atoms with E-state index in [1.165, 1.54) is 12.1 Å². The average molecular weight is 360 g/mol. The molecule has 17 heavy (non-hydrogen) atoms. The maximum Gasteiger partial charge on any atom is 0.180 e. The summed E-state index contributed by atoms with van der Waals surface area (Å²) in [7, 11) is -3.38. The van der Waals surface area contributed by atoms with E-state index >= 15 is 0 Å². The summed E-state index contributed by atoms with van der Waals surface area (Å²) in [6.45, 7) is 1.96. The molecular formula is C11H13BrCl2O2S. The molecule has 0 bridgehead atoms. The highest BCUT2D eigenvalue weighted by molar-refractivity contribution is 9.09. The second kappa shape index (κ2) is 6.41. The molecule has 0 saturated carbocycles. The first-order valence-corrected chi connectivity index (χ1v) is 8.67. The van der Waals surface area contributed by atoms with E-state index in [9.17, 15) is 8.42 Å². The molecule has 6 heteroatoms. The Balaban J connectivity index is 3.09. The van der Waals surface area contributed by atoms with Crippen molar-refractivity contribution in [2.24, 2.45) is 5.92 Å². The van der Waals surface area contributed by atoms with Crippen LogP contribution in [0.5, 0.6) is 0 Å². The van der Waals surface area contributed by atoms with Gasteiger partial charge in [0.25, 0.3) is 0 Å². The first-order chi connectivity index (χ1) is 7.90. The Labute approximate surface area is 120 Å². The minimum absolute atomic E-state index is 0.0782. The van der Waals surface area contributed by atoms with Crippen molar-refractivity contribution in [3.8, 4) is 0 Å². The molecule has 1 atom stereocenters. The van der Waals surface area contributed by atoms with Crippen molar-refractivity contribution in [2.75, 3.05) is 11.1 Å². The quantitative estimate of drug-likeness (QED) is 0.738. The van der Waals surface area contributed by atoms with Crippen molar-refractivity contribution >= 4 is 49.0 Å². The third kappa shape index (κ3) is 4.12. The molecule has 1 aromatic carbocycles. The Morgan fingerprint density at radius 2 is 2.00 bits per heavy atom. The Hall–Kier alpha value is 0.230. The van der Waals surface area contributed by atoms with Gasteiger partial charge in [-0.2, -0.15) is 0 Å². The van der Waals surface area contributed by atoms with E-state index in [-0.39, 0.29) is 21.6 Å². The van der Waals surface area contributed by atoms with Crippen LogP contribution in [0.2, 0.25) is 10.0 Å². The number of benzene rings is 1. The lowest BCUT2D eigenvalue weighted by molar-refractivity contribution is 0.569. The fraction of sp³-hybridized carbons (Fsp3) is 0.455. The smallest absolute Gasteiger partial charge is 0.180 e. The lowest BCUT2D eigenvalue weighted by Gasteiger charge is -2.13. The van der Waals surface area contributed by atoms with Crippen LogP contribution in [0.4, 0.5) is 0 Å². The Morgan fingerprint density at radius 1 is 1.35 bits per heavy atom. The summed E-state index contributed by atoms with van der Waals surface area (Å²) < 4.78 is 24.3. The Kier molecular flexibility index (Phi) is 5.77. The predicted molar refractivity (Wildman–Crippen MR) is 76.1 cm³/mol. The van der Waals surface area contributed by atoms with Crippen LogP contribution < -0.4 is 0 Å². The summed E-state index contributed by atoms with van der Waals surface area (Å²) in [5.41, 5.74) is 0. The molecule has 0 spiro atoms. The molecule has 0 aromatic heterocycles. The van der Waals surface area contributed by atoms with Crippen molar-refractivity contribution in [2.45, 2.75) is 18.2 Å². The monoisotopic (exact) mass is 358 g/mol. The zero-order valence-corrected chi connectivity index (χ0v) is 13.2. The topological polar surface area (TPSA) is 34.1 Å². The van der Waals surface area contributed by atoms with Gasteiger partial charge in [-0.25, -0.2) is 8.42 Å². The van der Waals surface area contributed by atoms with Crippen LogP contribution in [0, 0.1) is 5.92 Å². The zero-order chi connectivity index (χ0) is 13.1. The number of hydrogen-bond donors (Lipinski definition) is 0. The summed E-state index contributed by atoms with van der Waals surface area (Å²) in [6.07, 6.45) is 0.794. The molecule has 0 aliphatic heterocycles. The highest BCUT2D eigenvalue weighted by atomic mass is 79.9. The van der Waals surface area contributed by atoms with Gasteiger partial charge >= 0.3 is 0 Å². The number of rotatable bonds is 5. The maximum atomic E-state index is 12.2. The van der Waals surface area contributed by atoms with Gasteiger partial charge in [-0.3, -0.25) is 0 Å². The van der Waals surface area contributed by atoms with Gasteiger partial charge in [-0.1, -0.05) is 52.5 Å². The van der Waals surface area contributed by atoms with E-state index < -0.39 is 9.84 Å². The fourth-order valence-electron chi connectivity index (χ4n) is 1.39. The van der Waals surface area contributed by atoms with Crippen LogP contribution >= 0.6 is 39.1 Å². The number of alkyl halides is 1. The van der Waals surface area contributed by atoms with Crippen LogP contribution in [0.15, 0.2) is 23.1 Å². The summed E-state index contributed by atoms with van der Waals surface area (Å²) >= 11 is 15.0. The van der Waals surface area contributed by atoms with Crippen LogP contribution in [0.1, 0.15) is 13.3 Å². The van der Waals surface area contributed by atoms with Gasteiger partial charge in [0.15, 0.2) is 9.84 Å². The molecule has 0 aliphatic carbocycles. The van der Waals surface area contributed by atoms with Gasteiger partial charge in [-0.15, -0.1) is 0 Å². The van der Waals surface area contributed by atoms with Crippen LogP contribution in [-0.2, 0) is 9.84 Å². The summed E-state index contributed by atoms with van der Waals surface area (Å²) in [6, 6.07) is 4.48. The van der Waals surface area contributed by atoms with E-state index in [1.807, 2.05) is 6.92 Å². The van der Waals surface area contributed by atoms with Gasteiger partial charge in [0.05, 0.1) is 15.7 Å². The summed E-state index contributed by atoms with van der Waals surface area (Å²) in [4.78, 5) is 0.117. The van der Waals surface area contributed by atoms with Crippen molar-refractivity contribution in [1.29, 1.82) is 0 Å². The number of hydrogen-bond acceptors (Lipinski definition) is 2. The molecule has 0 N–H and O–H groups in total. The van der Waals surface area contributed by atoms with E-state index in [2.05, 4.69) is 15.9 Å². The first kappa shape index (κ1) is 15.3. The molecule has 0 saturated heterocycles. The molecule has 96 valence electrons.